The van der Waals surface area contributed by atoms with Crippen molar-refractivity contribution in [2.75, 3.05) is 6.16 Å². The molecule has 0 aromatic carbocycles. The molecule has 2 heteroatoms. The third-order valence-corrected chi connectivity index (χ3v) is 8.58. The molecule has 2 aliphatic rings. The Labute approximate surface area is 126 Å². The average molecular weight is 303 g/mol. The predicted octanol–water partition coefficient (Wildman–Crippen LogP) is 7.10. The molecule has 2 unspecified atom stereocenters. The first-order valence-corrected chi connectivity index (χ1v) is 11.3. The van der Waals surface area contributed by atoms with Crippen LogP contribution in [0.25, 0.3) is 0 Å². The van der Waals surface area contributed by atoms with Crippen LogP contribution in [0.2, 0.25) is 0 Å². The Kier molecular flexibility index (Phi) is 8.15. The summed E-state index contributed by atoms with van der Waals surface area (Å²) >= 11 is 6.87. The van der Waals surface area contributed by atoms with Crippen molar-refractivity contribution in [1.29, 1.82) is 0 Å². The Balaban J connectivity index is 1.92. The van der Waals surface area contributed by atoms with Crippen molar-refractivity contribution >= 4 is 18.5 Å². The van der Waals surface area contributed by atoms with Gasteiger partial charge in [-0.2, -0.15) is 0 Å². The van der Waals surface area contributed by atoms with E-state index in [1.54, 1.807) is 0 Å². The van der Waals surface area contributed by atoms with Crippen molar-refractivity contribution in [3.8, 4) is 0 Å². The first kappa shape index (κ1) is 16.1. The molecule has 1 heterocycles. The van der Waals surface area contributed by atoms with Gasteiger partial charge in [-0.25, -0.2) is 0 Å². The molecule has 2 rings (SSSR count). The summed E-state index contributed by atoms with van der Waals surface area (Å²) in [5.41, 5.74) is 0.896. The van der Waals surface area contributed by atoms with Gasteiger partial charge in [0.1, 0.15) is 0 Å². The van der Waals surface area contributed by atoms with Gasteiger partial charge in [0.25, 0.3) is 0 Å². The Morgan fingerprint density at radius 1 is 0.579 bits per heavy atom. The van der Waals surface area contributed by atoms with Crippen LogP contribution in [-0.4, -0.2) is 11.8 Å². The van der Waals surface area contributed by atoms with Crippen LogP contribution < -0.4 is 0 Å². The van der Waals surface area contributed by atoms with Gasteiger partial charge in [0.05, 0.1) is 0 Å². The minimum Gasteiger partial charge on any atom is -0.0961 e. The van der Waals surface area contributed by atoms with E-state index in [0.717, 1.165) is 11.6 Å². The smallest absolute Gasteiger partial charge is 0.00422 e. The van der Waals surface area contributed by atoms with E-state index < -0.39 is 0 Å². The second-order valence-corrected chi connectivity index (χ2v) is 9.92. The molecule has 0 radical (unpaired) electrons. The molecule has 1 saturated carbocycles. The van der Waals surface area contributed by atoms with E-state index in [4.69, 9.17) is 11.2 Å². The van der Waals surface area contributed by atoms with Crippen LogP contribution in [0.4, 0.5) is 0 Å². The summed E-state index contributed by atoms with van der Waals surface area (Å²) in [6, 6.07) is 0. The van der Waals surface area contributed by atoms with Crippen LogP contribution in [0.15, 0.2) is 0 Å². The van der Waals surface area contributed by atoms with Gasteiger partial charge in [-0.05, 0) is 50.7 Å². The van der Waals surface area contributed by atoms with E-state index in [-0.39, 0.29) is 7.27 Å². The van der Waals surface area contributed by atoms with Crippen LogP contribution in [0.3, 0.4) is 0 Å². The van der Waals surface area contributed by atoms with E-state index in [1.165, 1.54) is 96.1 Å². The van der Waals surface area contributed by atoms with Crippen molar-refractivity contribution in [3.63, 3.8) is 0 Å². The Morgan fingerprint density at radius 3 is 1.68 bits per heavy atom. The van der Waals surface area contributed by atoms with Crippen LogP contribution >= 0.6 is 18.5 Å². The highest BCUT2D eigenvalue weighted by Crippen LogP contribution is 2.54. The van der Waals surface area contributed by atoms with E-state index in [2.05, 4.69) is 0 Å². The molecule has 2 fully saturated rings. The minimum absolute atomic E-state index is 0.196. The van der Waals surface area contributed by atoms with Gasteiger partial charge < -0.3 is 0 Å². The SMILES string of the molecule is ClP1CCCCCCCC1C1CCCCCCCC1. The maximum Gasteiger partial charge on any atom is -0.00422 e. The summed E-state index contributed by atoms with van der Waals surface area (Å²) in [6.45, 7) is 0. The molecular formula is C17H32ClP. The molecule has 0 nitrogen and oxygen atoms in total. The summed E-state index contributed by atoms with van der Waals surface area (Å²) in [5.74, 6) is 0.972. The number of hydrogen-bond acceptors (Lipinski definition) is 0. The van der Waals surface area contributed by atoms with Gasteiger partial charge in [0.2, 0.25) is 0 Å². The van der Waals surface area contributed by atoms with Crippen molar-refractivity contribution in [3.05, 3.63) is 0 Å². The summed E-state index contributed by atoms with van der Waals surface area (Å²) in [7, 11) is -0.196. The molecule has 0 amide bonds. The van der Waals surface area contributed by atoms with Crippen molar-refractivity contribution < 1.29 is 0 Å². The molecule has 1 aliphatic heterocycles. The Hall–Kier alpha value is 0.720. The molecule has 0 aromatic rings. The van der Waals surface area contributed by atoms with E-state index in [9.17, 15) is 0 Å². The van der Waals surface area contributed by atoms with Gasteiger partial charge in [-0.1, -0.05) is 75.4 Å². The van der Waals surface area contributed by atoms with Crippen LogP contribution in [0.1, 0.15) is 89.9 Å². The second kappa shape index (κ2) is 9.62. The Morgan fingerprint density at radius 2 is 1.05 bits per heavy atom. The molecule has 1 saturated heterocycles. The van der Waals surface area contributed by atoms with Gasteiger partial charge in [0.15, 0.2) is 0 Å². The standard InChI is InChI=1S/C17H32ClP/c18-19-15-11-7-3-6-10-14-17(19)16-12-8-4-1-2-5-9-13-16/h16-17H,1-15H2. The van der Waals surface area contributed by atoms with Gasteiger partial charge in [0, 0.05) is 0 Å². The van der Waals surface area contributed by atoms with Crippen molar-refractivity contribution in [2.24, 2.45) is 5.92 Å². The lowest BCUT2D eigenvalue weighted by Crippen LogP contribution is -2.19. The van der Waals surface area contributed by atoms with E-state index in [1.807, 2.05) is 0 Å². The molecule has 19 heavy (non-hydrogen) atoms. The fraction of sp³-hybridized carbons (Fsp3) is 1.00. The zero-order valence-corrected chi connectivity index (χ0v) is 14.2. The first-order valence-electron chi connectivity index (χ1n) is 8.80. The molecule has 0 aromatic heterocycles. The molecule has 2 atom stereocenters. The molecule has 0 spiro atoms. The zero-order chi connectivity index (χ0) is 13.3. The van der Waals surface area contributed by atoms with E-state index in [0.29, 0.717) is 0 Å². The second-order valence-electron chi connectivity index (χ2n) is 6.71. The monoisotopic (exact) mass is 302 g/mol. The van der Waals surface area contributed by atoms with Crippen molar-refractivity contribution in [1.82, 2.24) is 0 Å². The highest BCUT2D eigenvalue weighted by atomic mass is 35.7. The lowest BCUT2D eigenvalue weighted by molar-refractivity contribution is 0.392. The van der Waals surface area contributed by atoms with Gasteiger partial charge in [-0.15, -0.1) is 0 Å². The zero-order valence-electron chi connectivity index (χ0n) is 12.6. The maximum absolute atomic E-state index is 6.87. The summed E-state index contributed by atoms with van der Waals surface area (Å²) in [6.07, 6.45) is 21.8. The topological polar surface area (TPSA) is 0 Å². The summed E-state index contributed by atoms with van der Waals surface area (Å²) in [5, 5.41) is 0. The molecule has 1 aliphatic carbocycles. The Bertz CT molecular complexity index is 221. The van der Waals surface area contributed by atoms with Gasteiger partial charge >= 0.3 is 0 Å². The minimum atomic E-state index is -0.196. The maximum atomic E-state index is 6.87. The fourth-order valence-corrected chi connectivity index (χ4v) is 7.17. The van der Waals surface area contributed by atoms with E-state index >= 15 is 0 Å². The lowest BCUT2D eigenvalue weighted by Gasteiger charge is -2.30. The molecule has 0 bridgehead atoms. The normalized spacial score (nSPS) is 33.3. The predicted molar refractivity (Wildman–Crippen MR) is 89.6 cm³/mol. The first-order chi connectivity index (χ1) is 9.38. The third-order valence-electron chi connectivity index (χ3n) is 5.18. The van der Waals surface area contributed by atoms with Crippen LogP contribution in [0, 0.1) is 5.92 Å². The molecule has 112 valence electrons. The fourth-order valence-electron chi connectivity index (χ4n) is 3.97. The highest BCUT2D eigenvalue weighted by molar-refractivity contribution is 7.84. The summed E-state index contributed by atoms with van der Waals surface area (Å²) < 4.78 is 0. The third kappa shape index (κ3) is 5.92. The lowest BCUT2D eigenvalue weighted by atomic mass is 9.90. The molecule has 0 N–H and O–H groups in total. The number of halogens is 1. The largest absolute Gasteiger partial charge is 0.0961 e. The number of hydrogen-bond donors (Lipinski definition) is 0. The molecular weight excluding hydrogens is 271 g/mol. The van der Waals surface area contributed by atoms with Crippen LogP contribution in [0.5, 0.6) is 0 Å². The average Bonchev–Trinajstić information content (AvgIpc) is 2.60. The highest BCUT2D eigenvalue weighted by Gasteiger charge is 2.28. The van der Waals surface area contributed by atoms with Crippen LogP contribution in [-0.2, 0) is 0 Å². The summed E-state index contributed by atoms with van der Waals surface area (Å²) in [4.78, 5) is 0. The quantitative estimate of drug-likeness (QED) is 0.453. The number of rotatable bonds is 1. The van der Waals surface area contributed by atoms with Gasteiger partial charge in [-0.3, -0.25) is 0 Å². The van der Waals surface area contributed by atoms with Crippen molar-refractivity contribution in [2.45, 2.75) is 95.6 Å².